The fourth-order valence-corrected chi connectivity index (χ4v) is 4.79. The minimum absolute atomic E-state index is 0.373. The molecule has 3 aromatic rings. The highest BCUT2D eigenvalue weighted by atomic mass is 16.4. The standard InChI is InChI=1S/C24H30N2O2/c1-17(14-18-6-4-3-5-7-18)16-26(2)21-11-8-19(9-12-21)20-10-13-22-23(15-20)28-24(27)25-22/h3-7,10,13,15,17,19,21H,8-9,11-12,14,16H2,1-2H3,(H,25,27)/t17?,19-,21-. The van der Waals surface area contributed by atoms with E-state index in [9.17, 15) is 4.79 Å². The lowest BCUT2D eigenvalue weighted by molar-refractivity contribution is 0.162. The fraction of sp³-hybridized carbons (Fsp3) is 0.458. The largest absolute Gasteiger partial charge is 0.417 e. The van der Waals surface area contributed by atoms with Gasteiger partial charge in [0.15, 0.2) is 5.58 Å². The number of oxazole rings is 1. The molecular weight excluding hydrogens is 348 g/mol. The Balaban J connectivity index is 1.30. The van der Waals surface area contributed by atoms with Crippen molar-refractivity contribution in [3.63, 3.8) is 0 Å². The Bertz CT molecular complexity index is 951. The van der Waals surface area contributed by atoms with Crippen LogP contribution in [0.2, 0.25) is 0 Å². The Labute approximate surface area is 166 Å². The quantitative estimate of drug-likeness (QED) is 0.660. The molecule has 1 aliphatic rings. The predicted molar refractivity (Wildman–Crippen MR) is 114 cm³/mol. The van der Waals surface area contributed by atoms with Crippen molar-refractivity contribution in [2.45, 2.75) is 51.0 Å². The van der Waals surface area contributed by atoms with E-state index in [4.69, 9.17) is 4.42 Å². The molecule has 1 atom stereocenters. The van der Waals surface area contributed by atoms with Crippen LogP contribution in [-0.2, 0) is 6.42 Å². The molecule has 1 unspecified atom stereocenters. The van der Waals surface area contributed by atoms with Crippen LogP contribution in [0.25, 0.3) is 11.1 Å². The van der Waals surface area contributed by atoms with Crippen molar-refractivity contribution < 1.29 is 4.42 Å². The van der Waals surface area contributed by atoms with Gasteiger partial charge in [0.05, 0.1) is 5.52 Å². The third kappa shape index (κ3) is 4.39. The zero-order chi connectivity index (χ0) is 19.5. The van der Waals surface area contributed by atoms with E-state index in [1.165, 1.54) is 36.8 Å². The third-order valence-corrected chi connectivity index (χ3v) is 6.26. The smallest absolute Gasteiger partial charge is 0.408 e. The highest BCUT2D eigenvalue weighted by molar-refractivity contribution is 5.72. The van der Waals surface area contributed by atoms with E-state index in [1.54, 1.807) is 0 Å². The van der Waals surface area contributed by atoms with Crippen LogP contribution in [-0.4, -0.2) is 29.5 Å². The van der Waals surface area contributed by atoms with E-state index in [2.05, 4.69) is 60.3 Å². The molecular formula is C24H30N2O2. The molecule has 1 heterocycles. The number of benzene rings is 2. The summed E-state index contributed by atoms with van der Waals surface area (Å²) >= 11 is 0. The minimum atomic E-state index is -0.373. The molecule has 1 aliphatic carbocycles. The molecule has 1 aromatic heterocycles. The normalized spacial score (nSPS) is 21.2. The molecule has 4 rings (SSSR count). The van der Waals surface area contributed by atoms with Crippen LogP contribution >= 0.6 is 0 Å². The van der Waals surface area contributed by atoms with E-state index in [0.29, 0.717) is 23.5 Å². The van der Waals surface area contributed by atoms with Gasteiger partial charge in [0.2, 0.25) is 0 Å². The van der Waals surface area contributed by atoms with Crippen LogP contribution in [0.1, 0.15) is 49.7 Å². The molecule has 0 radical (unpaired) electrons. The van der Waals surface area contributed by atoms with Crippen molar-refractivity contribution in [2.75, 3.05) is 13.6 Å². The van der Waals surface area contributed by atoms with Gasteiger partial charge in [-0.2, -0.15) is 0 Å². The van der Waals surface area contributed by atoms with Crippen LogP contribution in [0, 0.1) is 5.92 Å². The highest BCUT2D eigenvalue weighted by Crippen LogP contribution is 2.35. The molecule has 1 fully saturated rings. The van der Waals surface area contributed by atoms with Gasteiger partial charge in [0.1, 0.15) is 0 Å². The number of nitrogens with zero attached hydrogens (tertiary/aromatic N) is 1. The second-order valence-corrected chi connectivity index (χ2v) is 8.51. The molecule has 0 aliphatic heterocycles. The summed E-state index contributed by atoms with van der Waals surface area (Å²) in [6.07, 6.45) is 6.00. The predicted octanol–water partition coefficient (Wildman–Crippen LogP) is 4.96. The monoisotopic (exact) mass is 378 g/mol. The molecule has 28 heavy (non-hydrogen) atoms. The van der Waals surface area contributed by atoms with Gasteiger partial charge in [-0.3, -0.25) is 4.98 Å². The van der Waals surface area contributed by atoms with Gasteiger partial charge in [-0.1, -0.05) is 43.3 Å². The first kappa shape index (κ1) is 19.0. The van der Waals surface area contributed by atoms with E-state index in [1.807, 2.05) is 12.1 Å². The zero-order valence-corrected chi connectivity index (χ0v) is 16.9. The molecule has 4 nitrogen and oxygen atoms in total. The third-order valence-electron chi connectivity index (χ3n) is 6.26. The number of aromatic amines is 1. The van der Waals surface area contributed by atoms with Gasteiger partial charge >= 0.3 is 5.76 Å². The number of rotatable bonds is 6. The highest BCUT2D eigenvalue weighted by Gasteiger charge is 2.26. The Kier molecular flexibility index (Phi) is 5.67. The van der Waals surface area contributed by atoms with E-state index < -0.39 is 0 Å². The number of hydrogen-bond acceptors (Lipinski definition) is 3. The van der Waals surface area contributed by atoms with Gasteiger partial charge in [0, 0.05) is 12.6 Å². The second kappa shape index (κ2) is 8.36. The van der Waals surface area contributed by atoms with Crippen molar-refractivity contribution >= 4 is 11.1 Å². The first-order chi connectivity index (χ1) is 13.6. The molecule has 0 saturated heterocycles. The summed E-state index contributed by atoms with van der Waals surface area (Å²) in [5.41, 5.74) is 4.19. The zero-order valence-electron chi connectivity index (χ0n) is 16.9. The van der Waals surface area contributed by atoms with Crippen LogP contribution in [0.5, 0.6) is 0 Å². The van der Waals surface area contributed by atoms with Gasteiger partial charge < -0.3 is 9.32 Å². The average molecular weight is 379 g/mol. The number of aromatic nitrogens is 1. The molecule has 1 N–H and O–H groups in total. The second-order valence-electron chi connectivity index (χ2n) is 8.51. The van der Waals surface area contributed by atoms with Crippen molar-refractivity contribution in [1.82, 2.24) is 9.88 Å². The Morgan fingerprint density at radius 3 is 2.61 bits per heavy atom. The molecule has 0 amide bonds. The van der Waals surface area contributed by atoms with Crippen LogP contribution in [0.4, 0.5) is 0 Å². The maximum atomic E-state index is 11.4. The summed E-state index contributed by atoms with van der Waals surface area (Å²) in [6.45, 7) is 3.50. The maximum Gasteiger partial charge on any atom is 0.417 e. The van der Waals surface area contributed by atoms with Crippen LogP contribution in [0.3, 0.4) is 0 Å². The number of hydrogen-bond donors (Lipinski definition) is 1. The first-order valence-electron chi connectivity index (χ1n) is 10.5. The lowest BCUT2D eigenvalue weighted by Gasteiger charge is -2.36. The first-order valence-corrected chi connectivity index (χ1v) is 10.5. The summed E-state index contributed by atoms with van der Waals surface area (Å²) in [5, 5.41) is 0. The fourth-order valence-electron chi connectivity index (χ4n) is 4.79. The summed E-state index contributed by atoms with van der Waals surface area (Å²) in [4.78, 5) is 16.7. The Morgan fingerprint density at radius 1 is 1.11 bits per heavy atom. The Hall–Kier alpha value is -2.33. The topological polar surface area (TPSA) is 49.2 Å². The molecule has 2 aromatic carbocycles. The van der Waals surface area contributed by atoms with Crippen LogP contribution in [0.15, 0.2) is 57.7 Å². The molecule has 0 spiro atoms. The molecule has 4 heteroatoms. The van der Waals surface area contributed by atoms with Crippen LogP contribution < -0.4 is 5.76 Å². The van der Waals surface area contributed by atoms with E-state index in [-0.39, 0.29) is 5.76 Å². The van der Waals surface area contributed by atoms with E-state index in [0.717, 1.165) is 18.5 Å². The summed E-state index contributed by atoms with van der Waals surface area (Å²) < 4.78 is 5.23. The molecule has 148 valence electrons. The summed E-state index contributed by atoms with van der Waals surface area (Å²) in [6, 6.07) is 17.6. The van der Waals surface area contributed by atoms with Gasteiger partial charge in [0.25, 0.3) is 0 Å². The summed E-state index contributed by atoms with van der Waals surface area (Å²) in [7, 11) is 2.28. The lowest BCUT2D eigenvalue weighted by Crippen LogP contribution is -2.37. The Morgan fingerprint density at radius 2 is 1.86 bits per heavy atom. The molecule has 1 saturated carbocycles. The van der Waals surface area contributed by atoms with Crippen molar-refractivity contribution in [1.29, 1.82) is 0 Å². The number of H-pyrrole nitrogens is 1. The van der Waals surface area contributed by atoms with Crippen molar-refractivity contribution in [3.05, 3.63) is 70.2 Å². The van der Waals surface area contributed by atoms with E-state index >= 15 is 0 Å². The SMILES string of the molecule is CC(Cc1ccccc1)CN(C)[C@H]1CC[C@H](c2ccc3[nH]c(=O)oc3c2)CC1. The van der Waals surface area contributed by atoms with Crippen molar-refractivity contribution in [2.24, 2.45) is 5.92 Å². The van der Waals surface area contributed by atoms with Gasteiger partial charge in [-0.15, -0.1) is 0 Å². The lowest BCUT2D eigenvalue weighted by atomic mass is 9.81. The van der Waals surface area contributed by atoms with Gasteiger partial charge in [-0.25, -0.2) is 4.79 Å². The maximum absolute atomic E-state index is 11.4. The average Bonchev–Trinajstić information content (AvgIpc) is 3.08. The minimum Gasteiger partial charge on any atom is -0.408 e. The number of fused-ring (bicyclic) bond motifs is 1. The number of nitrogens with one attached hydrogen (secondary N) is 1. The van der Waals surface area contributed by atoms with Gasteiger partial charge in [-0.05, 0) is 74.2 Å². The molecule has 0 bridgehead atoms. The van der Waals surface area contributed by atoms with Crippen molar-refractivity contribution in [3.8, 4) is 0 Å². The summed E-state index contributed by atoms with van der Waals surface area (Å²) in [5.74, 6) is 0.849.